The number of halogens is 3. The van der Waals surface area contributed by atoms with Crippen molar-refractivity contribution in [1.82, 2.24) is 9.80 Å². The first-order valence-electron chi connectivity index (χ1n) is 11.0. The fourth-order valence-corrected chi connectivity index (χ4v) is 4.45. The number of hydrogen-bond acceptors (Lipinski definition) is 4. The summed E-state index contributed by atoms with van der Waals surface area (Å²) in [5, 5.41) is 11.8. The number of benzene rings is 3. The van der Waals surface area contributed by atoms with Crippen LogP contribution in [0.4, 0.5) is 9.18 Å². The molecule has 3 aromatic rings. The Bertz CT molecular complexity index is 1130. The minimum atomic E-state index is -0.831. The SMILES string of the molecule is O=C(OCc1ccccc1)N1C[C@@H](O)[C@H](N(Cc2ccc(Cl)cc2F)Cc2ccccc2Cl)C1. The lowest BCUT2D eigenvalue weighted by Gasteiger charge is -2.31. The molecular weight excluding hydrogens is 478 g/mol. The highest BCUT2D eigenvalue weighted by molar-refractivity contribution is 6.31. The van der Waals surface area contributed by atoms with Gasteiger partial charge in [-0.3, -0.25) is 4.90 Å². The second-order valence-electron chi connectivity index (χ2n) is 8.31. The number of aliphatic hydroxyl groups excluding tert-OH is 1. The average molecular weight is 503 g/mol. The Hall–Kier alpha value is -2.64. The zero-order valence-electron chi connectivity index (χ0n) is 18.4. The van der Waals surface area contributed by atoms with Crippen molar-refractivity contribution in [2.75, 3.05) is 13.1 Å². The van der Waals surface area contributed by atoms with Gasteiger partial charge in [0.2, 0.25) is 0 Å². The van der Waals surface area contributed by atoms with Gasteiger partial charge in [-0.1, -0.05) is 77.8 Å². The summed E-state index contributed by atoms with van der Waals surface area (Å²) >= 11 is 12.3. The Morgan fingerprint density at radius 2 is 1.71 bits per heavy atom. The van der Waals surface area contributed by atoms with E-state index in [1.54, 1.807) is 18.2 Å². The number of aliphatic hydroxyl groups is 1. The average Bonchev–Trinajstić information content (AvgIpc) is 3.22. The molecule has 0 aliphatic carbocycles. The van der Waals surface area contributed by atoms with Gasteiger partial charge < -0.3 is 14.7 Å². The van der Waals surface area contributed by atoms with Crippen molar-refractivity contribution in [3.8, 4) is 0 Å². The van der Waals surface area contributed by atoms with E-state index in [0.717, 1.165) is 11.1 Å². The standard InChI is InChI=1S/C26H25Cl2FN2O3/c27-21-11-10-20(23(29)12-21)14-30(13-19-8-4-5-9-22(19)28)24-15-31(16-25(24)32)26(33)34-17-18-6-2-1-3-7-18/h1-12,24-25,32H,13-17H2/t24-,25-/m1/s1. The first-order valence-corrected chi connectivity index (χ1v) is 11.7. The monoisotopic (exact) mass is 502 g/mol. The normalized spacial score (nSPS) is 17.9. The van der Waals surface area contributed by atoms with Crippen LogP contribution in [-0.2, 0) is 24.4 Å². The third-order valence-electron chi connectivity index (χ3n) is 5.91. The van der Waals surface area contributed by atoms with Gasteiger partial charge in [0.15, 0.2) is 0 Å². The van der Waals surface area contributed by atoms with E-state index in [1.807, 2.05) is 53.4 Å². The molecule has 0 saturated carbocycles. The molecule has 0 radical (unpaired) electrons. The van der Waals surface area contributed by atoms with Crippen molar-refractivity contribution < 1.29 is 19.0 Å². The highest BCUT2D eigenvalue weighted by Crippen LogP contribution is 2.26. The largest absolute Gasteiger partial charge is 0.445 e. The Labute approximate surface area is 208 Å². The summed E-state index contributed by atoms with van der Waals surface area (Å²) in [6.45, 7) is 1.10. The van der Waals surface area contributed by atoms with Crippen molar-refractivity contribution >= 4 is 29.3 Å². The highest BCUT2D eigenvalue weighted by atomic mass is 35.5. The fraction of sp³-hybridized carbons (Fsp3) is 0.269. The molecule has 1 N–H and O–H groups in total. The molecule has 178 valence electrons. The number of amides is 1. The van der Waals surface area contributed by atoms with E-state index in [-0.39, 0.29) is 26.2 Å². The van der Waals surface area contributed by atoms with E-state index >= 15 is 0 Å². The molecule has 1 saturated heterocycles. The highest BCUT2D eigenvalue weighted by Gasteiger charge is 2.38. The van der Waals surface area contributed by atoms with E-state index in [9.17, 15) is 14.3 Å². The summed E-state index contributed by atoms with van der Waals surface area (Å²) < 4.78 is 20.0. The van der Waals surface area contributed by atoms with Crippen LogP contribution >= 0.6 is 23.2 Å². The maximum absolute atomic E-state index is 14.6. The quantitative estimate of drug-likeness (QED) is 0.462. The van der Waals surface area contributed by atoms with E-state index in [1.165, 1.54) is 11.0 Å². The van der Waals surface area contributed by atoms with Crippen LogP contribution in [0.25, 0.3) is 0 Å². The van der Waals surface area contributed by atoms with Crippen LogP contribution in [0.1, 0.15) is 16.7 Å². The lowest BCUT2D eigenvalue weighted by atomic mass is 10.1. The molecular formula is C26H25Cl2FN2O3. The number of hydrogen-bond donors (Lipinski definition) is 1. The van der Waals surface area contributed by atoms with Crippen molar-refractivity contribution in [2.24, 2.45) is 0 Å². The van der Waals surface area contributed by atoms with Gasteiger partial charge in [-0.15, -0.1) is 0 Å². The molecule has 1 aliphatic rings. The summed E-state index contributed by atoms with van der Waals surface area (Å²) in [7, 11) is 0. The maximum Gasteiger partial charge on any atom is 0.410 e. The molecule has 1 fully saturated rings. The third kappa shape index (κ3) is 6.07. The molecule has 4 rings (SSSR count). The zero-order valence-corrected chi connectivity index (χ0v) is 19.9. The van der Waals surface area contributed by atoms with Gasteiger partial charge in [0.05, 0.1) is 18.7 Å². The fourth-order valence-electron chi connectivity index (χ4n) is 4.09. The second kappa shape index (κ2) is 11.2. The van der Waals surface area contributed by atoms with Gasteiger partial charge in [-0.2, -0.15) is 0 Å². The Morgan fingerprint density at radius 1 is 1.00 bits per heavy atom. The third-order valence-corrected chi connectivity index (χ3v) is 6.52. The molecule has 0 spiro atoms. The minimum Gasteiger partial charge on any atom is -0.445 e. The number of carbonyl (C=O) groups is 1. The molecule has 8 heteroatoms. The molecule has 1 heterocycles. The predicted molar refractivity (Wildman–Crippen MR) is 130 cm³/mol. The number of carbonyl (C=O) groups excluding carboxylic acids is 1. The molecule has 5 nitrogen and oxygen atoms in total. The van der Waals surface area contributed by atoms with Crippen LogP contribution in [0.15, 0.2) is 72.8 Å². The van der Waals surface area contributed by atoms with Gasteiger partial charge in [0.25, 0.3) is 0 Å². The van der Waals surface area contributed by atoms with Crippen LogP contribution < -0.4 is 0 Å². The second-order valence-corrected chi connectivity index (χ2v) is 9.16. The number of rotatable bonds is 7. The molecule has 1 amide bonds. The van der Waals surface area contributed by atoms with Crippen LogP contribution in [0.3, 0.4) is 0 Å². The summed E-state index contributed by atoms with van der Waals surface area (Å²) in [4.78, 5) is 16.1. The Morgan fingerprint density at radius 3 is 2.44 bits per heavy atom. The first kappa shape index (κ1) is 24.5. The Balaban J connectivity index is 1.50. The number of nitrogens with zero attached hydrogens (tertiary/aromatic N) is 2. The van der Waals surface area contributed by atoms with E-state index in [4.69, 9.17) is 27.9 Å². The molecule has 0 aromatic heterocycles. The van der Waals surface area contributed by atoms with Crippen molar-refractivity contribution in [3.63, 3.8) is 0 Å². The summed E-state index contributed by atoms with van der Waals surface area (Å²) in [6.07, 6.45) is -1.33. The van der Waals surface area contributed by atoms with Gasteiger partial charge in [-0.05, 0) is 29.3 Å². The molecule has 0 bridgehead atoms. The Kier molecular flexibility index (Phi) is 8.06. The molecule has 3 aromatic carbocycles. The lowest BCUT2D eigenvalue weighted by molar-refractivity contribution is 0.0721. The lowest BCUT2D eigenvalue weighted by Crippen LogP contribution is -2.43. The van der Waals surface area contributed by atoms with Gasteiger partial charge in [0.1, 0.15) is 12.4 Å². The van der Waals surface area contributed by atoms with Crippen molar-refractivity contribution in [3.05, 3.63) is 105 Å². The maximum atomic E-state index is 14.6. The van der Waals surface area contributed by atoms with Gasteiger partial charge >= 0.3 is 6.09 Å². The van der Waals surface area contributed by atoms with Crippen molar-refractivity contribution in [1.29, 1.82) is 0 Å². The van der Waals surface area contributed by atoms with Crippen LogP contribution in [0, 0.1) is 5.82 Å². The number of β-amino-alcohol motifs (C(OH)–C–C–N with tert-alkyl or cyclic N) is 1. The van der Waals surface area contributed by atoms with Crippen LogP contribution in [-0.4, -0.2) is 46.2 Å². The number of likely N-dealkylation sites (tertiary alicyclic amines) is 1. The molecule has 2 atom stereocenters. The van der Waals surface area contributed by atoms with Crippen molar-refractivity contribution in [2.45, 2.75) is 31.8 Å². The summed E-state index contributed by atoms with van der Waals surface area (Å²) in [5.41, 5.74) is 2.16. The number of ether oxygens (including phenoxy) is 1. The molecule has 0 unspecified atom stereocenters. The molecule has 1 aliphatic heterocycles. The van der Waals surface area contributed by atoms with E-state index in [2.05, 4.69) is 0 Å². The predicted octanol–water partition coefficient (Wildman–Crippen LogP) is 5.52. The van der Waals surface area contributed by atoms with Crippen LogP contribution in [0.5, 0.6) is 0 Å². The molecule has 34 heavy (non-hydrogen) atoms. The smallest absolute Gasteiger partial charge is 0.410 e. The van der Waals surface area contributed by atoms with E-state index < -0.39 is 24.1 Å². The van der Waals surface area contributed by atoms with Crippen LogP contribution in [0.2, 0.25) is 10.0 Å². The topological polar surface area (TPSA) is 53.0 Å². The first-order chi connectivity index (χ1) is 16.4. The van der Waals surface area contributed by atoms with E-state index in [0.29, 0.717) is 22.2 Å². The minimum absolute atomic E-state index is 0.125. The summed E-state index contributed by atoms with van der Waals surface area (Å²) in [6, 6.07) is 20.9. The summed E-state index contributed by atoms with van der Waals surface area (Å²) in [5.74, 6) is -0.428. The zero-order chi connectivity index (χ0) is 24.1. The van der Waals surface area contributed by atoms with Gasteiger partial charge in [-0.25, -0.2) is 9.18 Å². The van der Waals surface area contributed by atoms with Gasteiger partial charge in [0, 0.05) is 35.2 Å².